The number of rotatable bonds is 3. The minimum atomic E-state index is -0.853. The summed E-state index contributed by atoms with van der Waals surface area (Å²) < 4.78 is 5.04. The molecule has 0 aliphatic rings. The second-order valence-electron chi connectivity index (χ2n) is 2.76. The summed E-state index contributed by atoms with van der Waals surface area (Å²) in [5.74, 6) is 0.539. The zero-order chi connectivity index (χ0) is 10.6. The fraction of sp³-hybridized carbons (Fsp3) is 0.300. The van der Waals surface area contributed by atoms with E-state index in [0.29, 0.717) is 16.3 Å². The van der Waals surface area contributed by atoms with Crippen molar-refractivity contribution in [2.45, 2.75) is 12.5 Å². The van der Waals surface area contributed by atoms with Crippen molar-refractivity contribution in [3.8, 4) is 11.8 Å². The number of hydrogen-bond donors (Lipinski definition) is 1. The maximum absolute atomic E-state index is 9.60. The molecule has 0 aliphatic carbocycles. The summed E-state index contributed by atoms with van der Waals surface area (Å²) in [6.45, 7) is 0. The Hall–Kier alpha value is -1.24. The van der Waals surface area contributed by atoms with E-state index < -0.39 is 6.10 Å². The van der Waals surface area contributed by atoms with Crippen LogP contribution in [-0.2, 0) is 0 Å². The van der Waals surface area contributed by atoms with Gasteiger partial charge in [-0.05, 0) is 18.2 Å². The molecule has 1 atom stereocenters. The van der Waals surface area contributed by atoms with E-state index in [0.717, 1.165) is 0 Å². The molecule has 0 heterocycles. The van der Waals surface area contributed by atoms with Crippen LogP contribution in [0.15, 0.2) is 18.2 Å². The molecule has 0 saturated heterocycles. The van der Waals surface area contributed by atoms with Crippen LogP contribution in [0.25, 0.3) is 0 Å². The van der Waals surface area contributed by atoms with Gasteiger partial charge in [-0.2, -0.15) is 5.26 Å². The van der Waals surface area contributed by atoms with E-state index in [1.54, 1.807) is 18.2 Å². The number of nitrogens with zero attached hydrogens (tertiary/aromatic N) is 1. The van der Waals surface area contributed by atoms with E-state index in [4.69, 9.17) is 21.6 Å². The second-order valence-corrected chi connectivity index (χ2v) is 3.20. The number of hydrogen-bond acceptors (Lipinski definition) is 3. The molecule has 1 aromatic carbocycles. The average molecular weight is 212 g/mol. The van der Waals surface area contributed by atoms with Crippen molar-refractivity contribution in [2.75, 3.05) is 7.11 Å². The number of methoxy groups -OCH3 is 1. The van der Waals surface area contributed by atoms with Gasteiger partial charge >= 0.3 is 0 Å². The van der Waals surface area contributed by atoms with Crippen molar-refractivity contribution < 1.29 is 9.84 Å². The van der Waals surface area contributed by atoms with Crippen molar-refractivity contribution in [2.24, 2.45) is 0 Å². The van der Waals surface area contributed by atoms with E-state index in [1.807, 2.05) is 6.07 Å². The monoisotopic (exact) mass is 211 g/mol. The lowest BCUT2D eigenvalue weighted by Crippen LogP contribution is -1.99. The van der Waals surface area contributed by atoms with Gasteiger partial charge in [0.1, 0.15) is 5.75 Å². The number of nitriles is 1. The molecule has 0 spiro atoms. The molecule has 3 nitrogen and oxygen atoms in total. The van der Waals surface area contributed by atoms with Crippen LogP contribution in [0, 0.1) is 11.3 Å². The van der Waals surface area contributed by atoms with Gasteiger partial charge in [-0.25, -0.2) is 0 Å². The minimum Gasteiger partial charge on any atom is -0.496 e. The van der Waals surface area contributed by atoms with Gasteiger partial charge in [-0.15, -0.1) is 0 Å². The average Bonchev–Trinajstić information content (AvgIpc) is 2.18. The van der Waals surface area contributed by atoms with Crippen LogP contribution in [0.3, 0.4) is 0 Å². The predicted octanol–water partition coefficient (Wildman–Crippen LogP) is 2.30. The first-order valence-corrected chi connectivity index (χ1v) is 4.45. The standard InChI is InChI=1S/C10H10ClNO2/c1-14-10-3-2-7(11)6-8(10)9(13)4-5-12/h2-3,6,9,13H,4H2,1H3. The van der Waals surface area contributed by atoms with E-state index in [-0.39, 0.29) is 6.42 Å². The normalized spacial score (nSPS) is 11.9. The van der Waals surface area contributed by atoms with Gasteiger partial charge in [0.15, 0.2) is 0 Å². The highest BCUT2D eigenvalue weighted by molar-refractivity contribution is 6.30. The minimum absolute atomic E-state index is 0.0245. The zero-order valence-corrected chi connectivity index (χ0v) is 8.45. The van der Waals surface area contributed by atoms with Gasteiger partial charge in [-0.1, -0.05) is 11.6 Å². The van der Waals surface area contributed by atoms with Crippen LogP contribution in [0.1, 0.15) is 18.1 Å². The molecule has 14 heavy (non-hydrogen) atoms. The van der Waals surface area contributed by atoms with Crippen LogP contribution in [-0.4, -0.2) is 12.2 Å². The third-order valence-electron chi connectivity index (χ3n) is 1.84. The van der Waals surface area contributed by atoms with Gasteiger partial charge in [-0.3, -0.25) is 0 Å². The van der Waals surface area contributed by atoms with Crippen molar-refractivity contribution in [1.82, 2.24) is 0 Å². The Morgan fingerprint density at radius 2 is 2.36 bits per heavy atom. The van der Waals surface area contributed by atoms with Crippen molar-refractivity contribution in [1.29, 1.82) is 5.26 Å². The number of ether oxygens (including phenoxy) is 1. The Morgan fingerprint density at radius 1 is 1.64 bits per heavy atom. The third-order valence-corrected chi connectivity index (χ3v) is 2.07. The summed E-state index contributed by atoms with van der Waals surface area (Å²) in [5.41, 5.74) is 0.543. The fourth-order valence-corrected chi connectivity index (χ4v) is 1.34. The maximum atomic E-state index is 9.60. The first-order chi connectivity index (χ1) is 6.69. The molecule has 0 saturated carbocycles. The Labute approximate surface area is 87.5 Å². The molecule has 1 N–H and O–H groups in total. The SMILES string of the molecule is COc1ccc(Cl)cc1C(O)CC#N. The Morgan fingerprint density at radius 3 is 2.93 bits per heavy atom. The summed E-state index contributed by atoms with van der Waals surface area (Å²) >= 11 is 5.77. The van der Waals surface area contributed by atoms with Gasteiger partial charge in [0.25, 0.3) is 0 Å². The fourth-order valence-electron chi connectivity index (χ4n) is 1.16. The Kier molecular flexibility index (Phi) is 3.75. The van der Waals surface area contributed by atoms with Crippen molar-refractivity contribution in [3.05, 3.63) is 28.8 Å². The van der Waals surface area contributed by atoms with Crippen LogP contribution in [0.4, 0.5) is 0 Å². The molecule has 1 unspecified atom stereocenters. The summed E-state index contributed by atoms with van der Waals surface area (Å²) in [7, 11) is 1.51. The zero-order valence-electron chi connectivity index (χ0n) is 7.70. The Bertz CT molecular complexity index is 360. The lowest BCUT2D eigenvalue weighted by molar-refractivity contribution is 0.179. The van der Waals surface area contributed by atoms with Gasteiger partial charge in [0, 0.05) is 10.6 Å². The highest BCUT2D eigenvalue weighted by Gasteiger charge is 2.13. The molecule has 0 radical (unpaired) electrons. The summed E-state index contributed by atoms with van der Waals surface area (Å²) in [6, 6.07) is 6.82. The van der Waals surface area contributed by atoms with Gasteiger partial charge in [0.05, 0.1) is 25.7 Å². The number of halogens is 1. The first kappa shape index (κ1) is 10.8. The number of benzene rings is 1. The van der Waals surface area contributed by atoms with Gasteiger partial charge < -0.3 is 9.84 Å². The second kappa shape index (κ2) is 4.85. The van der Waals surface area contributed by atoms with E-state index in [1.165, 1.54) is 7.11 Å². The molecule has 0 fully saturated rings. The van der Waals surface area contributed by atoms with Crippen molar-refractivity contribution in [3.63, 3.8) is 0 Å². The van der Waals surface area contributed by atoms with Crippen LogP contribution in [0.5, 0.6) is 5.75 Å². The van der Waals surface area contributed by atoms with E-state index >= 15 is 0 Å². The van der Waals surface area contributed by atoms with Crippen LogP contribution < -0.4 is 4.74 Å². The van der Waals surface area contributed by atoms with Crippen LogP contribution in [0.2, 0.25) is 5.02 Å². The quantitative estimate of drug-likeness (QED) is 0.835. The summed E-state index contributed by atoms with van der Waals surface area (Å²) in [6.07, 6.45) is -0.829. The molecule has 0 bridgehead atoms. The van der Waals surface area contributed by atoms with Crippen molar-refractivity contribution >= 4 is 11.6 Å². The Balaban J connectivity index is 3.04. The molecule has 0 aromatic heterocycles. The lowest BCUT2D eigenvalue weighted by Gasteiger charge is -2.12. The first-order valence-electron chi connectivity index (χ1n) is 4.07. The predicted molar refractivity (Wildman–Crippen MR) is 53.2 cm³/mol. The van der Waals surface area contributed by atoms with Gasteiger partial charge in [0.2, 0.25) is 0 Å². The highest BCUT2D eigenvalue weighted by Crippen LogP contribution is 2.29. The molecule has 0 aliphatic heterocycles. The summed E-state index contributed by atoms with van der Waals surface area (Å²) in [4.78, 5) is 0. The largest absolute Gasteiger partial charge is 0.496 e. The van der Waals surface area contributed by atoms with E-state index in [2.05, 4.69) is 0 Å². The van der Waals surface area contributed by atoms with E-state index in [9.17, 15) is 5.11 Å². The molecule has 74 valence electrons. The highest BCUT2D eigenvalue weighted by atomic mass is 35.5. The third kappa shape index (κ3) is 2.38. The summed E-state index contributed by atoms with van der Waals surface area (Å²) in [5, 5.41) is 18.6. The number of aliphatic hydroxyl groups excluding tert-OH is 1. The smallest absolute Gasteiger partial charge is 0.124 e. The van der Waals surface area contributed by atoms with Crippen LogP contribution >= 0.6 is 11.6 Å². The molecule has 4 heteroatoms. The molecule has 1 rings (SSSR count). The lowest BCUT2D eigenvalue weighted by atomic mass is 10.1. The number of aliphatic hydroxyl groups is 1. The molecule has 0 amide bonds. The molecular formula is C10H10ClNO2. The molecular weight excluding hydrogens is 202 g/mol. The molecule has 1 aromatic rings. The maximum Gasteiger partial charge on any atom is 0.124 e. The topological polar surface area (TPSA) is 53.2 Å².